The quantitative estimate of drug-likeness (QED) is 0.651. The molecule has 0 saturated carbocycles. The Balaban J connectivity index is 2.66. The number of hydrogen-bond acceptors (Lipinski definition) is 3. The van der Waals surface area contributed by atoms with Gasteiger partial charge in [-0.1, -0.05) is 11.6 Å². The minimum atomic E-state index is -4.87. The highest BCUT2D eigenvalue weighted by molar-refractivity contribution is 6.31. The van der Waals surface area contributed by atoms with E-state index in [2.05, 4.69) is 4.98 Å². The molecule has 0 fully saturated rings. The summed E-state index contributed by atoms with van der Waals surface area (Å²) in [6, 6.07) is 3.35. The van der Waals surface area contributed by atoms with Crippen molar-refractivity contribution in [2.24, 2.45) is 0 Å². The number of nitrogens with two attached hydrogens (primary N) is 1. The van der Waals surface area contributed by atoms with E-state index in [-0.39, 0.29) is 11.4 Å². The lowest BCUT2D eigenvalue weighted by Crippen LogP contribution is -2.25. The molecule has 2 aromatic rings. The third-order valence-electron chi connectivity index (χ3n) is 2.42. The maximum atomic E-state index is 13.6. The van der Waals surface area contributed by atoms with Crippen LogP contribution in [0.15, 0.2) is 29.3 Å². The molecule has 1 heterocycles. The number of nitrogens with zero attached hydrogens (tertiary/aromatic N) is 2. The molecule has 0 aliphatic carbocycles. The van der Waals surface area contributed by atoms with Gasteiger partial charge in [-0.25, -0.2) is 9.37 Å². The van der Waals surface area contributed by atoms with Crippen LogP contribution in [0.3, 0.4) is 0 Å². The number of aromatic nitrogens is 2. The van der Waals surface area contributed by atoms with E-state index >= 15 is 0 Å². The molecule has 0 amide bonds. The fourth-order valence-corrected chi connectivity index (χ4v) is 1.77. The Labute approximate surface area is 114 Å². The first-order chi connectivity index (χ1) is 9.21. The Morgan fingerprint density at radius 3 is 2.50 bits per heavy atom. The van der Waals surface area contributed by atoms with E-state index in [1.54, 1.807) is 0 Å². The zero-order valence-corrected chi connectivity index (χ0v) is 10.3. The highest BCUT2D eigenvalue weighted by Gasteiger charge is 2.36. The Morgan fingerprint density at radius 1 is 1.30 bits per heavy atom. The van der Waals surface area contributed by atoms with E-state index in [4.69, 9.17) is 17.3 Å². The highest BCUT2D eigenvalue weighted by Crippen LogP contribution is 2.31. The average Bonchev–Trinajstić information content (AvgIpc) is 2.32. The van der Waals surface area contributed by atoms with Gasteiger partial charge in [0.15, 0.2) is 5.69 Å². The summed E-state index contributed by atoms with van der Waals surface area (Å²) in [5.74, 6) is -0.885. The van der Waals surface area contributed by atoms with E-state index in [9.17, 15) is 22.4 Å². The summed E-state index contributed by atoms with van der Waals surface area (Å²) in [5.41, 5.74) is 2.40. The van der Waals surface area contributed by atoms with Gasteiger partial charge in [0, 0.05) is 5.69 Å². The number of anilines is 1. The monoisotopic (exact) mass is 307 g/mol. The molecule has 0 aliphatic rings. The van der Waals surface area contributed by atoms with Crippen molar-refractivity contribution < 1.29 is 17.6 Å². The normalized spacial score (nSPS) is 11.7. The molecule has 1 aromatic carbocycles. The molecule has 9 heteroatoms. The molecule has 4 nitrogen and oxygen atoms in total. The van der Waals surface area contributed by atoms with Crippen LogP contribution in [0.4, 0.5) is 23.2 Å². The second kappa shape index (κ2) is 4.78. The first kappa shape index (κ1) is 14.3. The lowest BCUT2D eigenvalue weighted by molar-refractivity contribution is -0.141. The molecule has 106 valence electrons. The van der Waals surface area contributed by atoms with Gasteiger partial charge in [0.2, 0.25) is 0 Å². The van der Waals surface area contributed by atoms with Crippen molar-refractivity contribution in [3.63, 3.8) is 0 Å². The van der Waals surface area contributed by atoms with Crippen LogP contribution in [0.1, 0.15) is 5.69 Å². The van der Waals surface area contributed by atoms with E-state index in [0.29, 0.717) is 10.9 Å². The fourth-order valence-electron chi connectivity index (χ4n) is 1.52. The SMILES string of the molecule is Nc1ccc(-n2cnc(C(F)(F)F)c(Cl)c2=O)c(F)c1. The number of alkyl halides is 3. The molecule has 0 aliphatic heterocycles. The third-order valence-corrected chi connectivity index (χ3v) is 2.76. The van der Waals surface area contributed by atoms with Crippen molar-refractivity contribution >= 4 is 17.3 Å². The van der Waals surface area contributed by atoms with Gasteiger partial charge in [0.25, 0.3) is 5.56 Å². The molecule has 2 rings (SSSR count). The molecule has 1 aromatic heterocycles. The Morgan fingerprint density at radius 2 is 1.95 bits per heavy atom. The van der Waals surface area contributed by atoms with Gasteiger partial charge in [0.05, 0.1) is 5.69 Å². The van der Waals surface area contributed by atoms with Gasteiger partial charge >= 0.3 is 6.18 Å². The van der Waals surface area contributed by atoms with Crippen molar-refractivity contribution in [1.29, 1.82) is 0 Å². The zero-order chi connectivity index (χ0) is 15.1. The van der Waals surface area contributed by atoms with Gasteiger partial charge in [-0.3, -0.25) is 9.36 Å². The van der Waals surface area contributed by atoms with Crippen LogP contribution in [0.2, 0.25) is 5.02 Å². The molecule has 20 heavy (non-hydrogen) atoms. The maximum absolute atomic E-state index is 13.6. The lowest BCUT2D eigenvalue weighted by Gasteiger charge is -2.11. The number of rotatable bonds is 1. The van der Waals surface area contributed by atoms with Crippen LogP contribution < -0.4 is 11.3 Å². The van der Waals surface area contributed by atoms with E-state index in [1.807, 2.05) is 0 Å². The van der Waals surface area contributed by atoms with Gasteiger partial charge in [-0.05, 0) is 18.2 Å². The smallest absolute Gasteiger partial charge is 0.399 e. The van der Waals surface area contributed by atoms with Crippen LogP contribution in [0.5, 0.6) is 0 Å². The van der Waals surface area contributed by atoms with Gasteiger partial charge in [0.1, 0.15) is 17.2 Å². The summed E-state index contributed by atoms with van der Waals surface area (Å²) < 4.78 is 51.8. The maximum Gasteiger partial charge on any atom is 0.435 e. The second-order valence-electron chi connectivity index (χ2n) is 3.79. The summed E-state index contributed by atoms with van der Waals surface area (Å²) in [5, 5.41) is -1.13. The van der Waals surface area contributed by atoms with E-state index in [0.717, 1.165) is 12.1 Å². The number of halogens is 5. The van der Waals surface area contributed by atoms with Crippen molar-refractivity contribution in [1.82, 2.24) is 9.55 Å². The Bertz CT molecular complexity index is 727. The standard InChI is InChI=1S/C11H6ClF4N3O/c12-8-9(11(14,15)16)18-4-19(10(8)20)7-2-1-5(17)3-6(7)13/h1-4H,17H2. The molecular formula is C11H6ClF4N3O. The summed E-state index contributed by atoms with van der Waals surface area (Å²) in [7, 11) is 0. The first-order valence-electron chi connectivity index (χ1n) is 5.11. The summed E-state index contributed by atoms with van der Waals surface area (Å²) in [6.45, 7) is 0. The minimum absolute atomic E-state index is 0.102. The van der Waals surface area contributed by atoms with E-state index < -0.39 is 28.3 Å². The van der Waals surface area contributed by atoms with Crippen LogP contribution in [0, 0.1) is 5.82 Å². The van der Waals surface area contributed by atoms with Gasteiger partial charge in [-0.2, -0.15) is 13.2 Å². The predicted octanol–water partition coefficient (Wildman–Crippen LogP) is 2.63. The average molecular weight is 308 g/mol. The van der Waals surface area contributed by atoms with Gasteiger partial charge < -0.3 is 5.73 Å². The van der Waals surface area contributed by atoms with Crippen molar-refractivity contribution in [3.8, 4) is 5.69 Å². The second-order valence-corrected chi connectivity index (χ2v) is 4.17. The van der Waals surface area contributed by atoms with Crippen LogP contribution in [-0.2, 0) is 6.18 Å². The molecule has 0 unspecified atom stereocenters. The largest absolute Gasteiger partial charge is 0.435 e. The highest BCUT2D eigenvalue weighted by atomic mass is 35.5. The first-order valence-corrected chi connectivity index (χ1v) is 5.49. The lowest BCUT2D eigenvalue weighted by atomic mass is 10.2. The van der Waals surface area contributed by atoms with Crippen molar-refractivity contribution in [2.45, 2.75) is 6.18 Å². The van der Waals surface area contributed by atoms with Gasteiger partial charge in [-0.15, -0.1) is 0 Å². The molecule has 2 N–H and O–H groups in total. The molecule has 0 saturated heterocycles. The van der Waals surface area contributed by atoms with Crippen LogP contribution >= 0.6 is 11.6 Å². The van der Waals surface area contributed by atoms with Crippen LogP contribution in [-0.4, -0.2) is 9.55 Å². The molecular weight excluding hydrogens is 302 g/mol. The van der Waals surface area contributed by atoms with Crippen LogP contribution in [0.25, 0.3) is 5.69 Å². The number of benzene rings is 1. The summed E-state index contributed by atoms with van der Waals surface area (Å²) >= 11 is 5.35. The summed E-state index contributed by atoms with van der Waals surface area (Å²) in [6.07, 6.45) is -4.30. The molecule has 0 atom stereocenters. The Hall–Kier alpha value is -2.09. The minimum Gasteiger partial charge on any atom is -0.399 e. The summed E-state index contributed by atoms with van der Waals surface area (Å²) in [4.78, 5) is 14.8. The molecule has 0 bridgehead atoms. The topological polar surface area (TPSA) is 60.9 Å². The number of hydrogen-bond donors (Lipinski definition) is 1. The van der Waals surface area contributed by atoms with E-state index in [1.165, 1.54) is 6.07 Å². The molecule has 0 spiro atoms. The van der Waals surface area contributed by atoms with Crippen molar-refractivity contribution in [2.75, 3.05) is 5.73 Å². The molecule has 0 radical (unpaired) electrons. The zero-order valence-electron chi connectivity index (χ0n) is 9.58. The predicted molar refractivity (Wildman–Crippen MR) is 64.2 cm³/mol. The Kier molecular flexibility index (Phi) is 3.43. The third kappa shape index (κ3) is 2.46. The number of nitrogen functional groups attached to an aromatic ring is 1. The fraction of sp³-hybridized carbons (Fsp3) is 0.0909. The van der Waals surface area contributed by atoms with Crippen molar-refractivity contribution in [3.05, 3.63) is 51.4 Å².